The summed E-state index contributed by atoms with van der Waals surface area (Å²) >= 11 is 0. The van der Waals surface area contributed by atoms with Crippen molar-refractivity contribution in [3.8, 4) is 5.75 Å². The molecule has 1 atom stereocenters. The summed E-state index contributed by atoms with van der Waals surface area (Å²) in [6, 6.07) is 5.44. The minimum atomic E-state index is -0.324. The molecule has 0 amide bonds. The largest absolute Gasteiger partial charge is 0.489 e. The first kappa shape index (κ1) is 12.3. The number of nitrogens with one attached hydrogen (secondary N) is 1. The van der Waals surface area contributed by atoms with Gasteiger partial charge in [0.25, 0.3) is 0 Å². The third-order valence-electron chi connectivity index (χ3n) is 2.87. The maximum Gasteiger partial charge on any atom is 0.167 e. The summed E-state index contributed by atoms with van der Waals surface area (Å²) in [5.41, 5.74) is 0.568. The Kier molecular flexibility index (Phi) is 3.97. The molecule has 1 fully saturated rings. The Morgan fingerprint density at radius 2 is 2.29 bits per heavy atom. The van der Waals surface area contributed by atoms with Crippen LogP contribution < -0.4 is 10.1 Å². The number of aliphatic hydroxyl groups excluding tert-OH is 1. The van der Waals surface area contributed by atoms with E-state index >= 15 is 0 Å². The van der Waals surface area contributed by atoms with Gasteiger partial charge in [0, 0.05) is 6.04 Å². The number of hydrogen-bond donors (Lipinski definition) is 2. The summed E-state index contributed by atoms with van der Waals surface area (Å²) in [6.45, 7) is 1.99. The molecule has 0 spiro atoms. The minimum absolute atomic E-state index is 0.00390. The predicted molar refractivity (Wildman–Crippen MR) is 63.7 cm³/mol. The molecule has 1 aromatic rings. The Labute approximate surface area is 101 Å². The maximum absolute atomic E-state index is 13.6. The topological polar surface area (TPSA) is 41.5 Å². The van der Waals surface area contributed by atoms with Gasteiger partial charge in [-0.2, -0.15) is 0 Å². The second-order valence-corrected chi connectivity index (χ2v) is 4.52. The van der Waals surface area contributed by atoms with Gasteiger partial charge < -0.3 is 15.2 Å². The minimum Gasteiger partial charge on any atom is -0.489 e. The van der Waals surface area contributed by atoms with Crippen LogP contribution in [0.5, 0.6) is 5.75 Å². The van der Waals surface area contributed by atoms with Gasteiger partial charge >= 0.3 is 0 Å². The zero-order valence-electron chi connectivity index (χ0n) is 9.95. The van der Waals surface area contributed by atoms with Gasteiger partial charge in [-0.3, -0.25) is 0 Å². The van der Waals surface area contributed by atoms with Crippen molar-refractivity contribution in [2.45, 2.75) is 31.8 Å². The number of rotatable bonds is 6. The molecule has 4 heteroatoms. The van der Waals surface area contributed by atoms with E-state index in [1.54, 1.807) is 25.1 Å². The van der Waals surface area contributed by atoms with E-state index in [-0.39, 0.29) is 30.8 Å². The summed E-state index contributed by atoms with van der Waals surface area (Å²) in [7, 11) is 0. The number of hydrogen-bond acceptors (Lipinski definition) is 3. The highest BCUT2D eigenvalue weighted by atomic mass is 19.1. The second kappa shape index (κ2) is 5.47. The van der Waals surface area contributed by atoms with Gasteiger partial charge in [0.2, 0.25) is 0 Å². The Bertz CT molecular complexity index is 380. The molecule has 1 unspecified atom stereocenters. The number of ether oxygens (including phenoxy) is 1. The van der Waals surface area contributed by atoms with E-state index < -0.39 is 0 Å². The van der Waals surface area contributed by atoms with Gasteiger partial charge in [0.1, 0.15) is 6.61 Å². The van der Waals surface area contributed by atoms with Crippen molar-refractivity contribution in [3.05, 3.63) is 29.6 Å². The molecule has 0 heterocycles. The molecule has 0 aliphatic heterocycles. The van der Waals surface area contributed by atoms with E-state index in [1.165, 1.54) is 0 Å². The first-order chi connectivity index (χ1) is 8.20. The van der Waals surface area contributed by atoms with E-state index in [1.807, 2.05) is 0 Å². The summed E-state index contributed by atoms with van der Waals surface area (Å²) in [6.07, 6.45) is 2.30. The number of aliphatic hydroxyl groups is 1. The van der Waals surface area contributed by atoms with Crippen LogP contribution in [0, 0.1) is 12.7 Å². The van der Waals surface area contributed by atoms with Crippen LogP contribution in [0.1, 0.15) is 18.4 Å². The molecular weight excluding hydrogens is 221 g/mol. The monoisotopic (exact) mass is 239 g/mol. The van der Waals surface area contributed by atoms with Crippen LogP contribution in [0.4, 0.5) is 4.39 Å². The Hall–Kier alpha value is -1.13. The maximum atomic E-state index is 13.6. The molecule has 0 saturated heterocycles. The molecule has 1 aromatic carbocycles. The fourth-order valence-electron chi connectivity index (χ4n) is 1.66. The Morgan fingerprint density at radius 1 is 1.53 bits per heavy atom. The lowest BCUT2D eigenvalue weighted by Gasteiger charge is -2.17. The van der Waals surface area contributed by atoms with Crippen molar-refractivity contribution in [2.75, 3.05) is 13.2 Å². The van der Waals surface area contributed by atoms with Crippen LogP contribution in [0.25, 0.3) is 0 Å². The molecule has 1 saturated carbocycles. The average Bonchev–Trinajstić information content (AvgIpc) is 3.13. The quantitative estimate of drug-likeness (QED) is 0.792. The summed E-state index contributed by atoms with van der Waals surface area (Å²) in [5.74, 6) is -0.0725. The Balaban J connectivity index is 1.88. The normalized spacial score (nSPS) is 16.9. The fourth-order valence-corrected chi connectivity index (χ4v) is 1.66. The van der Waals surface area contributed by atoms with E-state index in [9.17, 15) is 4.39 Å². The fraction of sp³-hybridized carbons (Fsp3) is 0.538. The first-order valence-electron chi connectivity index (χ1n) is 5.95. The Morgan fingerprint density at radius 3 is 2.94 bits per heavy atom. The van der Waals surface area contributed by atoms with Crippen molar-refractivity contribution in [1.29, 1.82) is 0 Å². The lowest BCUT2D eigenvalue weighted by Crippen LogP contribution is -2.39. The SMILES string of the molecule is Cc1cccc(OCC(CO)NC2CC2)c1F. The smallest absolute Gasteiger partial charge is 0.167 e. The molecule has 1 aliphatic carbocycles. The van der Waals surface area contributed by atoms with Gasteiger partial charge in [-0.1, -0.05) is 12.1 Å². The van der Waals surface area contributed by atoms with Crippen molar-refractivity contribution >= 4 is 0 Å². The summed E-state index contributed by atoms with van der Waals surface area (Å²) in [4.78, 5) is 0. The number of aryl methyl sites for hydroxylation is 1. The van der Waals surface area contributed by atoms with Gasteiger partial charge in [-0.15, -0.1) is 0 Å². The van der Waals surface area contributed by atoms with E-state index in [4.69, 9.17) is 9.84 Å². The summed E-state index contributed by atoms with van der Waals surface area (Å²) < 4.78 is 19.0. The van der Waals surface area contributed by atoms with Crippen LogP contribution in [-0.4, -0.2) is 30.4 Å². The second-order valence-electron chi connectivity index (χ2n) is 4.52. The van der Waals surface area contributed by atoms with Crippen molar-refractivity contribution in [2.24, 2.45) is 0 Å². The molecule has 2 N–H and O–H groups in total. The van der Waals surface area contributed by atoms with Gasteiger partial charge in [-0.05, 0) is 31.4 Å². The highest BCUT2D eigenvalue weighted by molar-refractivity contribution is 5.30. The van der Waals surface area contributed by atoms with Crippen LogP contribution in [0.15, 0.2) is 18.2 Å². The van der Waals surface area contributed by atoms with Crippen molar-refractivity contribution < 1.29 is 14.2 Å². The van der Waals surface area contributed by atoms with Crippen LogP contribution >= 0.6 is 0 Å². The molecular formula is C13H18FNO2. The predicted octanol–water partition coefficient (Wildman–Crippen LogP) is 1.63. The van der Waals surface area contributed by atoms with E-state index in [2.05, 4.69) is 5.32 Å². The van der Waals surface area contributed by atoms with Crippen molar-refractivity contribution in [1.82, 2.24) is 5.32 Å². The number of halogens is 1. The zero-order chi connectivity index (χ0) is 12.3. The van der Waals surface area contributed by atoms with E-state index in [0.29, 0.717) is 11.6 Å². The lowest BCUT2D eigenvalue weighted by molar-refractivity contribution is 0.178. The molecule has 3 nitrogen and oxygen atoms in total. The molecule has 0 bridgehead atoms. The standard InChI is InChI=1S/C13H18FNO2/c1-9-3-2-4-12(13(9)14)17-8-11(7-16)15-10-5-6-10/h2-4,10-11,15-16H,5-8H2,1H3. The third kappa shape index (κ3) is 3.41. The van der Waals surface area contributed by atoms with Crippen molar-refractivity contribution in [3.63, 3.8) is 0 Å². The average molecular weight is 239 g/mol. The molecule has 94 valence electrons. The van der Waals surface area contributed by atoms with Crippen LogP contribution in [0.2, 0.25) is 0 Å². The van der Waals surface area contributed by atoms with Gasteiger partial charge in [0.15, 0.2) is 11.6 Å². The molecule has 2 rings (SSSR count). The van der Waals surface area contributed by atoms with E-state index in [0.717, 1.165) is 12.8 Å². The molecule has 17 heavy (non-hydrogen) atoms. The first-order valence-corrected chi connectivity index (χ1v) is 5.95. The third-order valence-corrected chi connectivity index (χ3v) is 2.87. The zero-order valence-corrected chi connectivity index (χ0v) is 9.95. The van der Waals surface area contributed by atoms with Crippen LogP contribution in [-0.2, 0) is 0 Å². The van der Waals surface area contributed by atoms with Gasteiger partial charge in [0.05, 0.1) is 12.6 Å². The lowest BCUT2D eigenvalue weighted by atomic mass is 10.2. The molecule has 1 aliphatic rings. The highest BCUT2D eigenvalue weighted by Gasteiger charge is 2.24. The van der Waals surface area contributed by atoms with Gasteiger partial charge in [-0.25, -0.2) is 4.39 Å². The molecule has 0 aromatic heterocycles. The van der Waals surface area contributed by atoms with Crippen LogP contribution in [0.3, 0.4) is 0 Å². The highest BCUT2D eigenvalue weighted by Crippen LogP contribution is 2.21. The molecule has 0 radical (unpaired) electrons. The number of benzene rings is 1. The summed E-state index contributed by atoms with van der Waals surface area (Å²) in [5, 5.41) is 12.4.